The summed E-state index contributed by atoms with van der Waals surface area (Å²) in [5.74, 6) is -0.912. The van der Waals surface area contributed by atoms with E-state index in [-0.39, 0.29) is 16.5 Å². The number of sulfonamides is 1. The summed E-state index contributed by atoms with van der Waals surface area (Å²) in [7, 11) is -2.71. The molecule has 0 aliphatic carbocycles. The van der Waals surface area contributed by atoms with Gasteiger partial charge < -0.3 is 10.5 Å². The van der Waals surface area contributed by atoms with Gasteiger partial charge in [0.15, 0.2) is 0 Å². The number of hydrogen-bond donors (Lipinski definition) is 2. The third-order valence-corrected chi connectivity index (χ3v) is 4.91. The summed E-state index contributed by atoms with van der Waals surface area (Å²) in [4.78, 5) is 11.6. The van der Waals surface area contributed by atoms with Gasteiger partial charge in [0, 0.05) is 0 Å². The average Bonchev–Trinajstić information content (AvgIpc) is 2.40. The number of nitrogen functional groups attached to an aromatic ring is 1. The number of aryl methyl sites for hydroxylation is 1. The van der Waals surface area contributed by atoms with Crippen molar-refractivity contribution in [1.82, 2.24) is 4.72 Å². The number of carbonyl (C=O) groups excluding carboxylic acids is 1. The van der Waals surface area contributed by atoms with Crippen LogP contribution in [0.2, 0.25) is 5.02 Å². The molecule has 3 N–H and O–H groups in total. The topological polar surface area (TPSA) is 98.5 Å². The van der Waals surface area contributed by atoms with Gasteiger partial charge >= 0.3 is 5.97 Å². The highest BCUT2D eigenvalue weighted by molar-refractivity contribution is 7.89. The number of benzene rings is 1. The summed E-state index contributed by atoms with van der Waals surface area (Å²) >= 11 is 5.91. The number of nitrogens with one attached hydrogen (secondary N) is 1. The summed E-state index contributed by atoms with van der Waals surface area (Å²) in [5, 5.41) is 0.308. The predicted molar refractivity (Wildman–Crippen MR) is 81.6 cm³/mol. The van der Waals surface area contributed by atoms with Crippen LogP contribution >= 0.6 is 11.6 Å². The monoisotopic (exact) mass is 334 g/mol. The van der Waals surface area contributed by atoms with Crippen LogP contribution in [0.15, 0.2) is 17.0 Å². The number of esters is 1. The first kappa shape index (κ1) is 17.7. The summed E-state index contributed by atoms with van der Waals surface area (Å²) in [6.07, 6.45) is 0. The number of carbonyl (C=O) groups is 1. The van der Waals surface area contributed by atoms with E-state index in [0.717, 1.165) is 0 Å². The predicted octanol–water partition coefficient (Wildman–Crippen LogP) is 1.71. The van der Waals surface area contributed by atoms with Crippen molar-refractivity contribution in [1.29, 1.82) is 0 Å². The first-order valence-corrected chi connectivity index (χ1v) is 8.12. The lowest BCUT2D eigenvalue weighted by Crippen LogP contribution is -2.44. The van der Waals surface area contributed by atoms with Crippen LogP contribution in [0.1, 0.15) is 19.4 Å². The molecule has 0 spiro atoms. The quantitative estimate of drug-likeness (QED) is 0.631. The molecule has 0 heterocycles. The summed E-state index contributed by atoms with van der Waals surface area (Å²) < 4.78 is 31.7. The molecule has 0 aliphatic heterocycles. The van der Waals surface area contributed by atoms with Gasteiger partial charge in [-0.25, -0.2) is 8.42 Å². The number of nitrogens with two attached hydrogens (primary N) is 1. The van der Waals surface area contributed by atoms with Gasteiger partial charge in [0.25, 0.3) is 0 Å². The molecule has 1 atom stereocenters. The molecule has 0 saturated carbocycles. The molecule has 1 unspecified atom stereocenters. The Hall–Kier alpha value is -1.31. The first-order valence-electron chi connectivity index (χ1n) is 6.26. The first-order chi connectivity index (χ1) is 9.60. The van der Waals surface area contributed by atoms with E-state index in [4.69, 9.17) is 17.3 Å². The Morgan fingerprint density at radius 2 is 1.95 bits per heavy atom. The largest absolute Gasteiger partial charge is 0.468 e. The van der Waals surface area contributed by atoms with Crippen molar-refractivity contribution in [2.75, 3.05) is 12.8 Å². The van der Waals surface area contributed by atoms with Crippen molar-refractivity contribution in [2.45, 2.75) is 31.7 Å². The van der Waals surface area contributed by atoms with Crippen LogP contribution in [0.25, 0.3) is 0 Å². The Kier molecular flexibility index (Phi) is 5.61. The Labute approximate surface area is 129 Å². The average molecular weight is 335 g/mol. The van der Waals surface area contributed by atoms with Crippen LogP contribution in [-0.4, -0.2) is 27.5 Å². The Bertz CT molecular complexity index is 621. The molecule has 0 saturated heterocycles. The summed E-state index contributed by atoms with van der Waals surface area (Å²) in [6, 6.07) is 1.68. The van der Waals surface area contributed by atoms with E-state index in [2.05, 4.69) is 9.46 Å². The van der Waals surface area contributed by atoms with Gasteiger partial charge in [-0.2, -0.15) is 4.72 Å². The minimum Gasteiger partial charge on any atom is -0.468 e. The minimum atomic E-state index is -3.91. The van der Waals surface area contributed by atoms with Gasteiger partial charge in [0.1, 0.15) is 6.04 Å². The maximum absolute atomic E-state index is 12.4. The fourth-order valence-electron chi connectivity index (χ4n) is 1.74. The van der Waals surface area contributed by atoms with Crippen molar-refractivity contribution in [3.05, 3.63) is 22.7 Å². The number of hydrogen-bond acceptors (Lipinski definition) is 5. The second-order valence-corrected chi connectivity index (χ2v) is 7.10. The van der Waals surface area contributed by atoms with E-state index in [1.54, 1.807) is 20.8 Å². The molecule has 0 aromatic heterocycles. The van der Waals surface area contributed by atoms with Gasteiger partial charge in [0.05, 0.1) is 22.7 Å². The standard InChI is InChI=1S/C13H19ClN2O4S/c1-7(2)12(13(17)20-4)16-21(18,19)9-5-8(3)11(14)10(15)6-9/h5-7,12,16H,15H2,1-4H3. The van der Waals surface area contributed by atoms with Crippen LogP contribution in [0.5, 0.6) is 0 Å². The van der Waals surface area contributed by atoms with Gasteiger partial charge in [-0.05, 0) is 30.5 Å². The van der Waals surface area contributed by atoms with Gasteiger partial charge in [-0.1, -0.05) is 25.4 Å². The Morgan fingerprint density at radius 3 is 2.38 bits per heavy atom. The van der Waals surface area contributed by atoms with E-state index in [9.17, 15) is 13.2 Å². The molecule has 1 aromatic rings. The zero-order chi connectivity index (χ0) is 16.4. The molecule has 1 aromatic carbocycles. The van der Waals surface area contributed by atoms with E-state index in [1.165, 1.54) is 19.2 Å². The van der Waals surface area contributed by atoms with E-state index in [1.807, 2.05) is 0 Å². The maximum atomic E-state index is 12.4. The molecule has 0 amide bonds. The number of rotatable bonds is 5. The minimum absolute atomic E-state index is 0.0450. The van der Waals surface area contributed by atoms with E-state index >= 15 is 0 Å². The Morgan fingerprint density at radius 1 is 1.38 bits per heavy atom. The highest BCUT2D eigenvalue weighted by Gasteiger charge is 2.29. The van der Waals surface area contributed by atoms with Gasteiger partial charge in [-0.3, -0.25) is 4.79 Å². The van der Waals surface area contributed by atoms with Crippen LogP contribution in [-0.2, 0) is 19.6 Å². The second kappa shape index (κ2) is 6.64. The molecular formula is C13H19ClN2O4S. The lowest BCUT2D eigenvalue weighted by Gasteiger charge is -2.20. The van der Waals surface area contributed by atoms with Crippen LogP contribution < -0.4 is 10.5 Å². The SMILES string of the molecule is COC(=O)C(NS(=O)(=O)c1cc(C)c(Cl)c(N)c1)C(C)C. The molecule has 21 heavy (non-hydrogen) atoms. The molecule has 0 bridgehead atoms. The number of ether oxygens (including phenoxy) is 1. The Balaban J connectivity index is 3.19. The molecular weight excluding hydrogens is 316 g/mol. The molecule has 1 rings (SSSR count). The van der Waals surface area contributed by atoms with Crippen molar-refractivity contribution < 1.29 is 17.9 Å². The molecule has 0 fully saturated rings. The lowest BCUT2D eigenvalue weighted by atomic mass is 10.1. The third kappa shape index (κ3) is 4.09. The zero-order valence-corrected chi connectivity index (χ0v) is 13.9. The van der Waals surface area contributed by atoms with E-state index < -0.39 is 22.0 Å². The maximum Gasteiger partial charge on any atom is 0.324 e. The fraction of sp³-hybridized carbons (Fsp3) is 0.462. The molecule has 118 valence electrons. The smallest absolute Gasteiger partial charge is 0.324 e. The van der Waals surface area contributed by atoms with Crippen molar-refractivity contribution in [3.63, 3.8) is 0 Å². The second-order valence-electron chi connectivity index (χ2n) is 5.01. The lowest BCUT2D eigenvalue weighted by molar-refractivity contribution is -0.143. The molecule has 0 radical (unpaired) electrons. The van der Waals surface area contributed by atoms with Gasteiger partial charge in [-0.15, -0.1) is 0 Å². The van der Waals surface area contributed by atoms with Crippen molar-refractivity contribution in [2.24, 2.45) is 5.92 Å². The molecule has 6 nitrogen and oxygen atoms in total. The molecule has 8 heteroatoms. The normalized spacial score (nSPS) is 13.2. The summed E-state index contributed by atoms with van der Waals surface area (Å²) in [5.41, 5.74) is 6.38. The highest BCUT2D eigenvalue weighted by Crippen LogP contribution is 2.27. The van der Waals surface area contributed by atoms with Crippen molar-refractivity contribution >= 4 is 33.3 Å². The number of halogens is 1. The van der Waals surface area contributed by atoms with Crippen LogP contribution in [0.3, 0.4) is 0 Å². The van der Waals surface area contributed by atoms with Gasteiger partial charge in [0.2, 0.25) is 10.0 Å². The summed E-state index contributed by atoms with van der Waals surface area (Å²) in [6.45, 7) is 5.08. The number of methoxy groups -OCH3 is 1. The number of anilines is 1. The van der Waals surface area contributed by atoms with Crippen molar-refractivity contribution in [3.8, 4) is 0 Å². The molecule has 0 aliphatic rings. The zero-order valence-electron chi connectivity index (χ0n) is 12.3. The van der Waals surface area contributed by atoms with E-state index in [0.29, 0.717) is 10.6 Å². The van der Waals surface area contributed by atoms with Crippen LogP contribution in [0, 0.1) is 12.8 Å². The third-order valence-electron chi connectivity index (χ3n) is 2.97. The fourth-order valence-corrected chi connectivity index (χ4v) is 3.30. The van der Waals surface area contributed by atoms with Crippen LogP contribution in [0.4, 0.5) is 5.69 Å². The highest BCUT2D eigenvalue weighted by atomic mass is 35.5.